The average Bonchev–Trinajstić information content (AvgIpc) is 2.69. The molecule has 202 valence electrons. The molecule has 0 radical (unpaired) electrons. The van der Waals surface area contributed by atoms with Crippen molar-refractivity contribution in [2.75, 3.05) is 13.7 Å². The molecular formula is C16H18F13NO4. The minimum atomic E-state index is -8.09. The number of alkyl halides is 13. The number of hydrogen-bond donors (Lipinski definition) is 1. The Labute approximate surface area is 182 Å². The number of halogens is 13. The molecule has 34 heavy (non-hydrogen) atoms. The monoisotopic (exact) mass is 535 g/mol. The van der Waals surface area contributed by atoms with E-state index in [1.165, 1.54) is 12.2 Å². The van der Waals surface area contributed by atoms with Crippen LogP contribution in [0.1, 0.15) is 26.7 Å². The molecule has 0 aromatic rings. The average molecular weight is 535 g/mol. The molecule has 0 aromatic heterocycles. The Morgan fingerprint density at radius 2 is 1.24 bits per heavy atom. The van der Waals surface area contributed by atoms with Gasteiger partial charge in [0.2, 0.25) is 0 Å². The summed E-state index contributed by atoms with van der Waals surface area (Å²) < 4.78 is 182. The molecule has 0 aliphatic heterocycles. The molecule has 0 rings (SSSR count). The zero-order valence-electron chi connectivity index (χ0n) is 17.3. The van der Waals surface area contributed by atoms with E-state index in [1.54, 1.807) is 0 Å². The number of alkyl carbamates (subject to hydrolysis) is 1. The van der Waals surface area contributed by atoms with Gasteiger partial charge >= 0.3 is 47.9 Å². The van der Waals surface area contributed by atoms with Gasteiger partial charge in [-0.05, 0) is 6.42 Å². The maximum Gasteiger partial charge on any atom is 0.460 e. The molecule has 18 heteroatoms. The fourth-order valence-corrected chi connectivity index (χ4v) is 2.26. The standard InChI is InChI=1S/C16H18F13NO4/c1-4-5-6-34-9(31)8(30-10(32)33-3)7(2)11(17,18)12(19,20)13(21,22)14(23,24)15(25,26)16(27,28)29/h7-8H,4-6H2,1-3H3,(H,30,32). The van der Waals surface area contributed by atoms with Crippen molar-refractivity contribution in [3.8, 4) is 0 Å². The summed E-state index contributed by atoms with van der Waals surface area (Å²) in [5.74, 6) is -43.8. The first kappa shape index (κ1) is 31.8. The van der Waals surface area contributed by atoms with Gasteiger partial charge in [-0.25, -0.2) is 9.59 Å². The zero-order chi connectivity index (χ0) is 27.6. The van der Waals surface area contributed by atoms with Gasteiger partial charge in [-0.15, -0.1) is 0 Å². The van der Waals surface area contributed by atoms with Crippen LogP contribution in [0.25, 0.3) is 0 Å². The van der Waals surface area contributed by atoms with Crippen molar-refractivity contribution in [2.45, 2.75) is 68.5 Å². The van der Waals surface area contributed by atoms with Crippen LogP contribution in [0.15, 0.2) is 0 Å². The van der Waals surface area contributed by atoms with Gasteiger partial charge in [0.15, 0.2) is 0 Å². The summed E-state index contributed by atoms with van der Waals surface area (Å²) >= 11 is 0. The molecule has 0 bridgehead atoms. The minimum Gasteiger partial charge on any atom is -0.464 e. The topological polar surface area (TPSA) is 64.6 Å². The smallest absolute Gasteiger partial charge is 0.460 e. The molecule has 2 atom stereocenters. The molecule has 0 aliphatic carbocycles. The van der Waals surface area contributed by atoms with Gasteiger partial charge in [-0.1, -0.05) is 20.3 Å². The Bertz CT molecular complexity index is 724. The number of ether oxygens (including phenoxy) is 2. The molecule has 0 spiro atoms. The number of carbonyl (C=O) groups is 2. The Morgan fingerprint density at radius 3 is 1.62 bits per heavy atom. The number of methoxy groups -OCH3 is 1. The molecule has 1 N–H and O–H groups in total. The second-order valence-electron chi connectivity index (χ2n) is 6.84. The van der Waals surface area contributed by atoms with Gasteiger partial charge in [0.1, 0.15) is 6.04 Å². The normalized spacial score (nSPS) is 16.0. The molecule has 0 saturated carbocycles. The Hall–Kier alpha value is -2.17. The lowest BCUT2D eigenvalue weighted by Crippen LogP contribution is -2.72. The van der Waals surface area contributed by atoms with E-state index in [2.05, 4.69) is 9.47 Å². The first-order valence-electron chi connectivity index (χ1n) is 8.95. The highest BCUT2D eigenvalue weighted by molar-refractivity contribution is 5.81. The number of rotatable bonds is 11. The fourth-order valence-electron chi connectivity index (χ4n) is 2.26. The third-order valence-corrected chi connectivity index (χ3v) is 4.48. The third kappa shape index (κ3) is 5.39. The van der Waals surface area contributed by atoms with Crippen molar-refractivity contribution in [3.05, 3.63) is 0 Å². The van der Waals surface area contributed by atoms with Gasteiger partial charge in [0.05, 0.1) is 19.6 Å². The number of hydrogen-bond acceptors (Lipinski definition) is 4. The maximum absolute atomic E-state index is 14.4. The Balaban J connectivity index is 6.48. The predicted molar refractivity (Wildman–Crippen MR) is 85.1 cm³/mol. The van der Waals surface area contributed by atoms with Crippen molar-refractivity contribution in [1.29, 1.82) is 0 Å². The highest BCUT2D eigenvalue weighted by atomic mass is 19.4. The predicted octanol–water partition coefficient (Wildman–Crippen LogP) is 5.43. The van der Waals surface area contributed by atoms with E-state index < -0.39 is 66.4 Å². The molecule has 0 saturated heterocycles. The van der Waals surface area contributed by atoms with Crippen molar-refractivity contribution in [3.63, 3.8) is 0 Å². The van der Waals surface area contributed by atoms with Crippen molar-refractivity contribution < 1.29 is 76.1 Å². The lowest BCUT2D eigenvalue weighted by molar-refractivity contribution is -0.443. The second-order valence-corrected chi connectivity index (χ2v) is 6.84. The summed E-state index contributed by atoms with van der Waals surface area (Å²) in [6.07, 6.45) is -8.98. The second kappa shape index (κ2) is 10.2. The summed E-state index contributed by atoms with van der Waals surface area (Å²) in [6, 6.07) is -3.02. The van der Waals surface area contributed by atoms with Gasteiger partial charge < -0.3 is 14.8 Å². The molecule has 1 amide bonds. The molecule has 0 aromatic carbocycles. The molecule has 5 nitrogen and oxygen atoms in total. The highest BCUT2D eigenvalue weighted by Crippen LogP contribution is 2.61. The zero-order valence-corrected chi connectivity index (χ0v) is 17.3. The number of amides is 1. The largest absolute Gasteiger partial charge is 0.464 e. The van der Waals surface area contributed by atoms with E-state index in [4.69, 9.17) is 0 Å². The SMILES string of the molecule is CCCCOC(=O)C(NC(=O)OC)C(C)C(F)(F)C(F)(F)C(F)(F)C(F)(F)C(F)(F)C(F)(F)F. The van der Waals surface area contributed by atoms with Gasteiger partial charge in [-0.2, -0.15) is 57.1 Å². The van der Waals surface area contributed by atoms with E-state index in [9.17, 15) is 66.7 Å². The number of nitrogens with one attached hydrogen (secondary N) is 1. The van der Waals surface area contributed by atoms with Gasteiger partial charge in [-0.3, -0.25) is 0 Å². The van der Waals surface area contributed by atoms with E-state index in [0.717, 1.165) is 0 Å². The van der Waals surface area contributed by atoms with Crippen molar-refractivity contribution >= 4 is 12.1 Å². The van der Waals surface area contributed by atoms with Crippen LogP contribution >= 0.6 is 0 Å². The number of carbonyl (C=O) groups excluding carboxylic acids is 2. The molecular weight excluding hydrogens is 517 g/mol. The highest BCUT2D eigenvalue weighted by Gasteiger charge is 2.91. The third-order valence-electron chi connectivity index (χ3n) is 4.48. The summed E-state index contributed by atoms with van der Waals surface area (Å²) in [5.41, 5.74) is 0. The molecule has 0 aliphatic rings. The van der Waals surface area contributed by atoms with E-state index >= 15 is 0 Å². The van der Waals surface area contributed by atoms with Crippen LogP contribution in [0.3, 0.4) is 0 Å². The fraction of sp³-hybridized carbons (Fsp3) is 0.875. The number of unbranched alkanes of at least 4 members (excludes halogenated alkanes) is 1. The molecule has 2 unspecified atom stereocenters. The van der Waals surface area contributed by atoms with Crippen molar-refractivity contribution in [2.24, 2.45) is 5.92 Å². The summed E-state index contributed by atoms with van der Waals surface area (Å²) in [4.78, 5) is 23.2. The summed E-state index contributed by atoms with van der Waals surface area (Å²) in [5, 5.41) is 1.21. The van der Waals surface area contributed by atoms with Crippen LogP contribution in [0.4, 0.5) is 61.9 Å². The Kier molecular flexibility index (Phi) is 9.56. The van der Waals surface area contributed by atoms with Crippen molar-refractivity contribution in [1.82, 2.24) is 5.32 Å². The number of esters is 1. The van der Waals surface area contributed by atoms with Crippen LogP contribution in [-0.2, 0) is 14.3 Å². The van der Waals surface area contributed by atoms with Crippen LogP contribution < -0.4 is 5.32 Å². The van der Waals surface area contributed by atoms with E-state index in [1.807, 2.05) is 0 Å². The first-order valence-corrected chi connectivity index (χ1v) is 8.95. The lowest BCUT2D eigenvalue weighted by atomic mass is 9.84. The minimum absolute atomic E-state index is 0.0500. The molecule has 0 heterocycles. The van der Waals surface area contributed by atoms with Crippen LogP contribution in [0.5, 0.6) is 0 Å². The van der Waals surface area contributed by atoms with Crippen LogP contribution in [-0.4, -0.2) is 67.6 Å². The lowest BCUT2D eigenvalue weighted by Gasteiger charge is -2.42. The van der Waals surface area contributed by atoms with Gasteiger partial charge in [0, 0.05) is 0 Å². The van der Waals surface area contributed by atoms with E-state index in [0.29, 0.717) is 13.5 Å². The molecule has 0 fully saturated rings. The quantitative estimate of drug-likeness (QED) is 0.218. The van der Waals surface area contributed by atoms with E-state index in [-0.39, 0.29) is 13.3 Å². The first-order chi connectivity index (χ1) is 15.0. The van der Waals surface area contributed by atoms with Crippen LogP contribution in [0, 0.1) is 5.92 Å². The maximum atomic E-state index is 14.4. The summed E-state index contributed by atoms with van der Waals surface area (Å²) in [7, 11) is 0.570. The van der Waals surface area contributed by atoms with Gasteiger partial charge in [0.25, 0.3) is 0 Å². The Morgan fingerprint density at radius 1 is 0.794 bits per heavy atom. The summed E-state index contributed by atoms with van der Waals surface area (Å²) in [6.45, 7) is 0.787. The van der Waals surface area contributed by atoms with Crippen LogP contribution in [0.2, 0.25) is 0 Å².